The van der Waals surface area contributed by atoms with Crippen LogP contribution in [0.1, 0.15) is 5.56 Å². The normalized spacial score (nSPS) is 33.0. The number of hydrogen-bond donors (Lipinski definition) is 0. The van der Waals surface area contributed by atoms with Crippen molar-refractivity contribution < 1.29 is 41.2 Å². The lowest BCUT2D eigenvalue weighted by molar-refractivity contribution is 0.0765. The standard InChI is InChI=1S/C51H44O10Si9/c1-2-43-38-40-49(41-39-43)68-57-65(46-28-14-5-15-29-46)52-63(44-24-10-3-11-25-44)42-64(45-26-12-4-13-27-45)54-67(56-65,48-32-18-7-19-33-48)60-70(61-68,51-36-22-9-23-37-51)62-69(55-64,50-34-20-8-21-35-50)59-66(53-63,58-68)47-30-16-6-17-31-47/h2-41H,1,42H2. The molecule has 10 nitrogen and oxygen atoms in total. The van der Waals surface area contributed by atoms with E-state index in [0.717, 1.165) is 36.7 Å². The Hall–Kier alpha value is -4.95. The second-order valence-corrected chi connectivity index (χ2v) is 49.0. The number of hydrogen-bond acceptors (Lipinski definition) is 10. The topological polar surface area (TPSA) is 92.3 Å². The molecular weight excluding hydrogens is 1030 g/mol. The lowest BCUT2D eigenvalue weighted by Crippen LogP contribution is -2.97. The fourth-order valence-corrected chi connectivity index (χ4v) is 80.5. The molecule has 6 saturated heterocycles. The summed E-state index contributed by atoms with van der Waals surface area (Å²) in [4.78, 5) is 0. The van der Waals surface area contributed by atoms with Crippen molar-refractivity contribution in [2.45, 2.75) is 5.67 Å². The van der Waals surface area contributed by atoms with Crippen molar-refractivity contribution in [3.05, 3.63) is 249 Å². The van der Waals surface area contributed by atoms with Crippen molar-refractivity contribution in [3.8, 4) is 0 Å². The Morgan fingerprint density at radius 2 is 0.557 bits per heavy atom. The highest BCUT2D eigenvalue weighted by molar-refractivity contribution is 7.56. The van der Waals surface area contributed by atoms with E-state index in [1.54, 1.807) is 0 Å². The zero-order valence-electron chi connectivity index (χ0n) is 37.6. The van der Waals surface area contributed by atoms with Crippen LogP contribution in [0.3, 0.4) is 0 Å². The van der Waals surface area contributed by atoms with Gasteiger partial charge < -0.3 is 41.2 Å². The Bertz CT molecular complexity index is 2890. The van der Waals surface area contributed by atoms with Crippen LogP contribution in [0.15, 0.2) is 243 Å². The molecule has 6 fully saturated rings. The maximum Gasteiger partial charge on any atom is 0.514 e. The monoisotopic (exact) mass is 1070 g/mol. The Kier molecular flexibility index (Phi) is 11.0. The highest BCUT2D eigenvalue weighted by Crippen LogP contribution is 2.48. The minimum atomic E-state index is -4.62. The maximum atomic E-state index is 8.58. The van der Waals surface area contributed by atoms with Gasteiger partial charge in [-0.25, -0.2) is 0 Å². The second-order valence-electron chi connectivity index (χ2n) is 17.7. The van der Waals surface area contributed by atoms with Crippen molar-refractivity contribution >= 4 is 125 Å². The summed E-state index contributed by atoms with van der Waals surface area (Å²) in [6.07, 6.45) is 1.82. The molecular formula is C51H44O10Si9. The van der Waals surface area contributed by atoms with Gasteiger partial charge in [-0.05, 0) is 26.3 Å². The van der Waals surface area contributed by atoms with Gasteiger partial charge in [0.15, 0.2) is 8.55 Å². The van der Waals surface area contributed by atoms with Crippen LogP contribution in [0.5, 0.6) is 0 Å². The summed E-state index contributed by atoms with van der Waals surface area (Å²) in [6.45, 7) is 4.10. The van der Waals surface area contributed by atoms with Crippen molar-refractivity contribution in [1.82, 2.24) is 0 Å². The average Bonchev–Trinajstić information content (AvgIpc) is 3.40. The van der Waals surface area contributed by atoms with Gasteiger partial charge >= 0.3 is 68.5 Å². The van der Waals surface area contributed by atoms with E-state index < -0.39 is 68.5 Å². The zero-order chi connectivity index (χ0) is 47.0. The van der Waals surface area contributed by atoms with Gasteiger partial charge in [0.05, 0.1) is 0 Å². The molecule has 0 N–H and O–H groups in total. The third kappa shape index (κ3) is 7.25. The molecule has 0 aliphatic carbocycles. The fraction of sp³-hybridized carbons (Fsp3) is 0.0196. The molecule has 6 aliphatic heterocycles. The molecule has 19 heteroatoms. The lowest BCUT2D eigenvalue weighted by Gasteiger charge is -2.64. The molecule has 344 valence electrons. The van der Waals surface area contributed by atoms with Crippen LogP contribution in [0.25, 0.3) is 6.08 Å². The molecule has 8 atom stereocenters. The Morgan fingerprint density at radius 1 is 0.286 bits per heavy atom. The molecule has 14 rings (SSSR count). The summed E-state index contributed by atoms with van der Waals surface area (Å²) >= 11 is 0. The SMILES string of the molecule is C=Cc1ccc([Si]23O[Si]4(c5ccccc5)O[Si]5(c6ccccc6)C[Si]6(c7ccccc7)O[Si](c7ccccc7)(O4)O[Si](c4ccccc4)(O2)[Si][Si](c2ccccc2)(O6)O[Si](c2ccccc2)(O5)O3)cc1. The van der Waals surface area contributed by atoms with Crippen LogP contribution in [-0.4, -0.2) is 77.1 Å². The lowest BCUT2D eigenvalue weighted by atomic mass is 10.2. The van der Waals surface area contributed by atoms with E-state index in [2.05, 4.69) is 55.1 Å². The molecule has 0 spiro atoms. The van der Waals surface area contributed by atoms with Crippen LogP contribution in [-0.2, 0) is 41.2 Å². The van der Waals surface area contributed by atoms with E-state index in [-0.39, 0.29) is 14.2 Å². The molecule has 8 aromatic carbocycles. The van der Waals surface area contributed by atoms with Gasteiger partial charge in [-0.15, -0.1) is 0 Å². The second kappa shape index (κ2) is 17.1. The predicted octanol–water partition coefficient (Wildman–Crippen LogP) is 3.88. The predicted molar refractivity (Wildman–Crippen MR) is 286 cm³/mol. The van der Waals surface area contributed by atoms with Crippen LogP contribution in [0, 0.1) is 0 Å². The molecule has 0 aromatic heterocycles. The van der Waals surface area contributed by atoms with Crippen molar-refractivity contribution in [3.63, 3.8) is 0 Å². The van der Waals surface area contributed by atoms with Gasteiger partial charge in [-0.3, -0.25) is 0 Å². The number of rotatable bonds is 9. The highest BCUT2D eigenvalue weighted by atomic mass is 29.6. The van der Waals surface area contributed by atoms with Crippen LogP contribution < -0.4 is 41.5 Å². The molecule has 6 heterocycles. The minimum absolute atomic E-state index is 0.219. The van der Waals surface area contributed by atoms with Gasteiger partial charge in [0.2, 0.25) is 0 Å². The zero-order valence-corrected chi connectivity index (χ0v) is 46.6. The van der Waals surface area contributed by atoms with E-state index in [9.17, 15) is 0 Å². The van der Waals surface area contributed by atoms with Crippen LogP contribution in [0.4, 0.5) is 0 Å². The molecule has 6 aliphatic rings. The summed E-state index contributed by atoms with van der Waals surface area (Å²) < 4.78 is 84.1. The van der Waals surface area contributed by atoms with E-state index in [4.69, 9.17) is 41.2 Å². The largest absolute Gasteiger partial charge is 0.514 e. The van der Waals surface area contributed by atoms with E-state index in [0.29, 0.717) is 10.4 Å². The summed E-state index contributed by atoms with van der Waals surface area (Å²) in [5, 5.41) is 6.21. The minimum Gasteiger partial charge on any atom is -0.411 e. The van der Waals surface area contributed by atoms with Gasteiger partial charge in [0.1, 0.15) is 0 Å². The molecule has 8 bridgehead atoms. The highest BCUT2D eigenvalue weighted by Gasteiger charge is 2.84. The van der Waals surface area contributed by atoms with Gasteiger partial charge in [-0.1, -0.05) is 249 Å². The molecule has 0 amide bonds. The Morgan fingerprint density at radius 3 is 0.914 bits per heavy atom. The van der Waals surface area contributed by atoms with Crippen LogP contribution >= 0.6 is 0 Å². The summed E-state index contributed by atoms with van der Waals surface area (Å²) in [5.74, 6) is 0. The third-order valence-corrected chi connectivity index (χ3v) is 62.5. The van der Waals surface area contributed by atoms with Crippen LogP contribution in [0.2, 0.25) is 5.67 Å². The van der Waals surface area contributed by atoms with Gasteiger partial charge in [0, 0.05) is 26.4 Å². The Balaban J connectivity index is 1.25. The van der Waals surface area contributed by atoms with E-state index in [1.165, 1.54) is 0 Å². The van der Waals surface area contributed by atoms with Gasteiger partial charge in [0.25, 0.3) is 0 Å². The van der Waals surface area contributed by atoms with Crippen molar-refractivity contribution in [2.75, 3.05) is 0 Å². The van der Waals surface area contributed by atoms with E-state index >= 15 is 0 Å². The number of benzene rings is 8. The Labute approximate surface area is 417 Å². The van der Waals surface area contributed by atoms with E-state index in [1.807, 2.05) is 194 Å². The molecule has 8 aromatic rings. The van der Waals surface area contributed by atoms with Gasteiger partial charge in [-0.2, -0.15) is 0 Å². The quantitative estimate of drug-likeness (QED) is 0.199. The fourth-order valence-electron chi connectivity index (χ4n) is 10.1. The summed E-state index contributed by atoms with van der Waals surface area (Å²) in [7, 11) is -35.1. The molecule has 0 saturated carbocycles. The van der Waals surface area contributed by atoms with Crippen molar-refractivity contribution in [2.24, 2.45) is 0 Å². The maximum absolute atomic E-state index is 8.58. The molecule has 8 unspecified atom stereocenters. The third-order valence-electron chi connectivity index (χ3n) is 13.3. The summed E-state index contributed by atoms with van der Waals surface area (Å²) in [5.41, 5.74) is 1.13. The van der Waals surface area contributed by atoms with Crippen molar-refractivity contribution in [1.29, 1.82) is 0 Å². The smallest absolute Gasteiger partial charge is 0.411 e. The summed E-state index contributed by atoms with van der Waals surface area (Å²) in [6, 6.07) is 79.2. The molecule has 2 radical (unpaired) electrons. The first-order chi connectivity index (χ1) is 34.3. The first-order valence-electron chi connectivity index (χ1n) is 23.2. The first-order valence-corrected chi connectivity index (χ1v) is 40.8. The average molecular weight is 1070 g/mol. The molecule has 70 heavy (non-hydrogen) atoms. The first kappa shape index (κ1) is 45.0.